The summed E-state index contributed by atoms with van der Waals surface area (Å²) in [4.78, 5) is 13.9. The third-order valence-corrected chi connectivity index (χ3v) is 4.65. The van der Waals surface area contributed by atoms with Crippen LogP contribution in [-0.2, 0) is 6.54 Å². The van der Waals surface area contributed by atoms with E-state index in [0.717, 1.165) is 29.8 Å². The molecule has 0 aromatic heterocycles. The molecule has 2 N–H and O–H groups in total. The van der Waals surface area contributed by atoms with Gasteiger partial charge in [0.2, 0.25) is 5.91 Å². The summed E-state index contributed by atoms with van der Waals surface area (Å²) in [5.74, 6) is -0.396. The van der Waals surface area contributed by atoms with E-state index in [9.17, 15) is 4.79 Å². The maximum absolute atomic E-state index is 11.7. The van der Waals surface area contributed by atoms with Crippen molar-refractivity contribution in [3.63, 3.8) is 0 Å². The molecule has 1 aliphatic heterocycles. The first-order valence-corrected chi connectivity index (χ1v) is 7.78. The Balaban J connectivity index is 2.20. The van der Waals surface area contributed by atoms with E-state index in [4.69, 9.17) is 28.9 Å². The molecule has 0 fully saturated rings. The standard InChI is InChI=1S/C17H16Cl2N2O/c1-21-8-14(11-4-2-3-5-12(11)17(20)22)13-6-10(18)7-16(19)15(13)9-21/h2-7,14H,8-9H2,1H3,(H2,20,22). The number of rotatable bonds is 2. The highest BCUT2D eigenvalue weighted by atomic mass is 35.5. The predicted molar refractivity (Wildman–Crippen MR) is 89.6 cm³/mol. The highest BCUT2D eigenvalue weighted by molar-refractivity contribution is 6.35. The number of carbonyl (C=O) groups excluding carboxylic acids is 1. The lowest BCUT2D eigenvalue weighted by Gasteiger charge is -2.34. The van der Waals surface area contributed by atoms with Gasteiger partial charge in [0, 0.05) is 34.6 Å². The number of hydrogen-bond donors (Lipinski definition) is 1. The van der Waals surface area contributed by atoms with Crippen LogP contribution < -0.4 is 5.73 Å². The average Bonchev–Trinajstić information content (AvgIpc) is 2.47. The molecule has 0 saturated carbocycles. The molecule has 1 amide bonds. The highest BCUT2D eigenvalue weighted by Crippen LogP contribution is 2.39. The summed E-state index contributed by atoms with van der Waals surface area (Å²) >= 11 is 12.5. The fourth-order valence-corrected chi connectivity index (χ4v) is 3.71. The molecule has 22 heavy (non-hydrogen) atoms. The molecular formula is C17H16Cl2N2O. The van der Waals surface area contributed by atoms with Gasteiger partial charge in [0.05, 0.1) is 0 Å². The van der Waals surface area contributed by atoms with Crippen LogP contribution in [0.4, 0.5) is 0 Å². The van der Waals surface area contributed by atoms with Crippen LogP contribution in [0.25, 0.3) is 0 Å². The van der Waals surface area contributed by atoms with E-state index in [1.54, 1.807) is 12.1 Å². The molecule has 0 aliphatic carbocycles. The molecule has 2 aromatic carbocycles. The third kappa shape index (κ3) is 2.72. The number of carbonyl (C=O) groups is 1. The van der Waals surface area contributed by atoms with Gasteiger partial charge < -0.3 is 10.6 Å². The van der Waals surface area contributed by atoms with E-state index in [-0.39, 0.29) is 5.92 Å². The van der Waals surface area contributed by atoms with Gasteiger partial charge in [-0.2, -0.15) is 0 Å². The fraction of sp³-hybridized carbons (Fsp3) is 0.235. The van der Waals surface area contributed by atoms with Crippen molar-refractivity contribution in [3.05, 3.63) is 68.7 Å². The van der Waals surface area contributed by atoms with Crippen molar-refractivity contribution in [1.82, 2.24) is 4.90 Å². The Bertz CT molecular complexity index is 745. The molecule has 1 unspecified atom stereocenters. The van der Waals surface area contributed by atoms with Crippen molar-refractivity contribution >= 4 is 29.1 Å². The van der Waals surface area contributed by atoms with Gasteiger partial charge in [0.25, 0.3) is 0 Å². The first kappa shape index (κ1) is 15.3. The molecule has 3 nitrogen and oxygen atoms in total. The minimum atomic E-state index is -0.418. The van der Waals surface area contributed by atoms with Crippen LogP contribution in [0.3, 0.4) is 0 Å². The summed E-state index contributed by atoms with van der Waals surface area (Å²) in [6, 6.07) is 11.2. The van der Waals surface area contributed by atoms with E-state index in [1.807, 2.05) is 31.3 Å². The number of hydrogen-bond acceptors (Lipinski definition) is 2. The number of halogens is 2. The van der Waals surface area contributed by atoms with Crippen LogP contribution in [0.5, 0.6) is 0 Å². The Morgan fingerprint density at radius 1 is 1.23 bits per heavy atom. The number of fused-ring (bicyclic) bond motifs is 1. The van der Waals surface area contributed by atoms with Gasteiger partial charge in [-0.15, -0.1) is 0 Å². The SMILES string of the molecule is CN1Cc2c(Cl)cc(Cl)cc2C(c2ccccc2C(N)=O)C1. The van der Waals surface area contributed by atoms with Crippen molar-refractivity contribution in [3.8, 4) is 0 Å². The number of nitrogens with zero attached hydrogens (tertiary/aromatic N) is 1. The minimum Gasteiger partial charge on any atom is -0.366 e. The molecule has 1 heterocycles. The largest absolute Gasteiger partial charge is 0.366 e. The first-order valence-electron chi connectivity index (χ1n) is 7.02. The van der Waals surface area contributed by atoms with E-state index >= 15 is 0 Å². The topological polar surface area (TPSA) is 46.3 Å². The number of amides is 1. The number of likely N-dealkylation sites (N-methyl/N-ethyl adjacent to an activating group) is 1. The zero-order valence-electron chi connectivity index (χ0n) is 12.1. The second-order valence-corrected chi connectivity index (χ2v) is 6.50. The van der Waals surface area contributed by atoms with Crippen LogP contribution in [0.15, 0.2) is 36.4 Å². The maximum atomic E-state index is 11.7. The minimum absolute atomic E-state index is 0.0219. The highest BCUT2D eigenvalue weighted by Gasteiger charge is 2.29. The van der Waals surface area contributed by atoms with Crippen molar-refractivity contribution in [2.24, 2.45) is 5.73 Å². The Morgan fingerprint density at radius 2 is 1.95 bits per heavy atom. The average molecular weight is 335 g/mol. The molecule has 1 aliphatic rings. The quantitative estimate of drug-likeness (QED) is 0.910. The molecule has 5 heteroatoms. The molecule has 2 aromatic rings. The van der Waals surface area contributed by atoms with Gasteiger partial charge in [0.15, 0.2) is 0 Å². The summed E-state index contributed by atoms with van der Waals surface area (Å²) in [5.41, 5.74) is 9.13. The lowest BCUT2D eigenvalue weighted by atomic mass is 9.82. The van der Waals surface area contributed by atoms with E-state index in [1.165, 1.54) is 0 Å². The van der Waals surface area contributed by atoms with Crippen LogP contribution in [0.1, 0.15) is 33.0 Å². The van der Waals surface area contributed by atoms with Crippen molar-refractivity contribution in [2.75, 3.05) is 13.6 Å². The maximum Gasteiger partial charge on any atom is 0.248 e. The molecule has 0 radical (unpaired) electrons. The first-order chi connectivity index (χ1) is 10.5. The predicted octanol–water partition coefficient (Wildman–Crippen LogP) is 3.67. The lowest BCUT2D eigenvalue weighted by Crippen LogP contribution is -2.32. The third-order valence-electron chi connectivity index (χ3n) is 4.09. The van der Waals surface area contributed by atoms with Gasteiger partial charge in [0.1, 0.15) is 0 Å². The van der Waals surface area contributed by atoms with E-state index in [0.29, 0.717) is 15.6 Å². The normalized spacial score (nSPS) is 18.0. The summed E-state index contributed by atoms with van der Waals surface area (Å²) in [6.07, 6.45) is 0. The summed E-state index contributed by atoms with van der Waals surface area (Å²) < 4.78 is 0. The summed E-state index contributed by atoms with van der Waals surface area (Å²) in [5, 5.41) is 1.27. The Kier molecular flexibility index (Phi) is 4.13. The fourth-order valence-electron chi connectivity index (χ4n) is 3.14. The van der Waals surface area contributed by atoms with E-state index in [2.05, 4.69) is 4.90 Å². The number of nitrogens with two attached hydrogens (primary N) is 1. The molecule has 0 spiro atoms. The zero-order chi connectivity index (χ0) is 15.9. The van der Waals surface area contributed by atoms with Crippen molar-refractivity contribution < 1.29 is 4.79 Å². The van der Waals surface area contributed by atoms with Crippen LogP contribution >= 0.6 is 23.2 Å². The van der Waals surface area contributed by atoms with Crippen molar-refractivity contribution in [2.45, 2.75) is 12.5 Å². The van der Waals surface area contributed by atoms with Gasteiger partial charge >= 0.3 is 0 Å². The van der Waals surface area contributed by atoms with Crippen LogP contribution in [0, 0.1) is 0 Å². The molecule has 3 rings (SSSR count). The number of benzene rings is 2. The van der Waals surface area contributed by atoms with Gasteiger partial charge in [-0.1, -0.05) is 41.4 Å². The van der Waals surface area contributed by atoms with Crippen molar-refractivity contribution in [1.29, 1.82) is 0 Å². The Labute approximate surface area is 139 Å². The summed E-state index contributed by atoms with van der Waals surface area (Å²) in [7, 11) is 2.04. The lowest BCUT2D eigenvalue weighted by molar-refractivity contribution is 0.0998. The number of primary amides is 1. The van der Waals surface area contributed by atoms with Gasteiger partial charge in [-0.3, -0.25) is 4.79 Å². The van der Waals surface area contributed by atoms with Crippen LogP contribution in [0.2, 0.25) is 10.0 Å². The second-order valence-electron chi connectivity index (χ2n) is 5.66. The van der Waals surface area contributed by atoms with Gasteiger partial charge in [-0.05, 0) is 41.9 Å². The zero-order valence-corrected chi connectivity index (χ0v) is 13.7. The smallest absolute Gasteiger partial charge is 0.248 e. The molecular weight excluding hydrogens is 319 g/mol. The second kappa shape index (κ2) is 5.92. The Morgan fingerprint density at radius 3 is 2.68 bits per heavy atom. The molecule has 114 valence electrons. The summed E-state index contributed by atoms with van der Waals surface area (Å²) in [6.45, 7) is 1.55. The molecule has 0 bridgehead atoms. The monoisotopic (exact) mass is 334 g/mol. The van der Waals surface area contributed by atoms with Crippen LogP contribution in [-0.4, -0.2) is 24.4 Å². The molecule has 0 saturated heterocycles. The van der Waals surface area contributed by atoms with E-state index < -0.39 is 5.91 Å². The Hall–Kier alpha value is -1.55. The molecule has 1 atom stereocenters. The van der Waals surface area contributed by atoms with Gasteiger partial charge in [-0.25, -0.2) is 0 Å².